The van der Waals surface area contributed by atoms with E-state index < -0.39 is 0 Å². The molecule has 1 aromatic heterocycles. The van der Waals surface area contributed by atoms with Gasteiger partial charge in [0.05, 0.1) is 10.7 Å². The van der Waals surface area contributed by atoms with Crippen molar-refractivity contribution in [2.45, 2.75) is 13.5 Å². The maximum Gasteiger partial charge on any atom is 0.255 e. The third kappa shape index (κ3) is 5.47. The zero-order valence-electron chi connectivity index (χ0n) is 15.4. The lowest BCUT2D eigenvalue weighted by atomic mass is 10.2. The Bertz CT molecular complexity index is 1120. The predicted molar refractivity (Wildman–Crippen MR) is 115 cm³/mol. The van der Waals surface area contributed by atoms with Gasteiger partial charge in [-0.1, -0.05) is 29.3 Å². The van der Waals surface area contributed by atoms with Gasteiger partial charge in [-0.2, -0.15) is 0 Å². The van der Waals surface area contributed by atoms with Crippen molar-refractivity contribution >= 4 is 46.4 Å². The standard InChI is InChI=1S/C21H17Cl2N3O3/c1-13-2-9-20(28)26(11-13)12-19(27)24-16-6-3-14(4-7-16)21(29)25-18-10-15(22)5-8-17(18)23/h2-11H,12H2,1H3,(H,24,27)(H,25,29). The van der Waals surface area contributed by atoms with Crippen molar-refractivity contribution in [3.63, 3.8) is 0 Å². The number of nitrogens with zero attached hydrogens (tertiary/aromatic N) is 1. The molecule has 3 rings (SSSR count). The van der Waals surface area contributed by atoms with E-state index in [0.717, 1.165) is 5.56 Å². The fraction of sp³-hybridized carbons (Fsp3) is 0.0952. The summed E-state index contributed by atoms with van der Waals surface area (Å²) in [5.74, 6) is -0.709. The van der Waals surface area contributed by atoms with Gasteiger partial charge in [0.1, 0.15) is 6.54 Å². The van der Waals surface area contributed by atoms with Gasteiger partial charge in [-0.3, -0.25) is 14.4 Å². The summed E-state index contributed by atoms with van der Waals surface area (Å²) < 4.78 is 1.33. The van der Waals surface area contributed by atoms with Crippen LogP contribution < -0.4 is 16.2 Å². The molecule has 8 heteroatoms. The molecule has 0 spiro atoms. The number of aromatic nitrogens is 1. The summed E-state index contributed by atoms with van der Waals surface area (Å²) >= 11 is 12.0. The van der Waals surface area contributed by atoms with Crippen LogP contribution in [0.4, 0.5) is 11.4 Å². The van der Waals surface area contributed by atoms with E-state index in [-0.39, 0.29) is 23.9 Å². The highest BCUT2D eigenvalue weighted by atomic mass is 35.5. The van der Waals surface area contributed by atoms with E-state index in [1.165, 1.54) is 10.6 Å². The molecule has 0 saturated heterocycles. The first-order valence-electron chi connectivity index (χ1n) is 8.65. The summed E-state index contributed by atoms with van der Waals surface area (Å²) in [5.41, 5.74) is 1.93. The Labute approximate surface area is 177 Å². The van der Waals surface area contributed by atoms with Crippen LogP contribution in [0.15, 0.2) is 65.6 Å². The predicted octanol–water partition coefficient (Wildman–Crippen LogP) is 4.35. The molecule has 0 bridgehead atoms. The normalized spacial score (nSPS) is 10.4. The number of benzene rings is 2. The summed E-state index contributed by atoms with van der Waals surface area (Å²) in [6, 6.07) is 14.2. The molecule has 0 atom stereocenters. The van der Waals surface area contributed by atoms with Gasteiger partial charge in [0, 0.05) is 28.5 Å². The van der Waals surface area contributed by atoms with Gasteiger partial charge in [0.2, 0.25) is 5.91 Å². The average Bonchev–Trinajstić information content (AvgIpc) is 2.68. The second kappa shape index (κ2) is 8.94. The molecule has 29 heavy (non-hydrogen) atoms. The minimum atomic E-state index is -0.363. The largest absolute Gasteiger partial charge is 0.325 e. The van der Waals surface area contributed by atoms with E-state index in [1.54, 1.807) is 54.7 Å². The Morgan fingerprint density at radius 2 is 1.69 bits per heavy atom. The third-order valence-corrected chi connectivity index (χ3v) is 4.62. The number of rotatable bonds is 5. The van der Waals surface area contributed by atoms with Crippen LogP contribution in [0, 0.1) is 6.92 Å². The number of carbonyl (C=O) groups excluding carboxylic acids is 2. The van der Waals surface area contributed by atoms with Gasteiger partial charge in [-0.05, 0) is 55.0 Å². The zero-order chi connectivity index (χ0) is 21.0. The molecule has 3 aromatic rings. The number of hydrogen-bond acceptors (Lipinski definition) is 3. The number of halogens is 2. The quantitative estimate of drug-likeness (QED) is 0.632. The van der Waals surface area contributed by atoms with Crippen molar-refractivity contribution in [2.75, 3.05) is 10.6 Å². The van der Waals surface area contributed by atoms with Gasteiger partial charge in [0.25, 0.3) is 11.5 Å². The fourth-order valence-electron chi connectivity index (χ4n) is 2.62. The molecular formula is C21H17Cl2N3O3. The number of anilines is 2. The molecule has 148 valence electrons. The van der Waals surface area contributed by atoms with E-state index in [0.29, 0.717) is 27.0 Å². The average molecular weight is 430 g/mol. The molecule has 0 aliphatic carbocycles. The zero-order valence-corrected chi connectivity index (χ0v) is 16.9. The van der Waals surface area contributed by atoms with Crippen molar-refractivity contribution in [1.82, 2.24) is 4.57 Å². The molecule has 0 saturated carbocycles. The molecule has 2 amide bonds. The van der Waals surface area contributed by atoms with Crippen LogP contribution in [0.3, 0.4) is 0 Å². The molecule has 0 fully saturated rings. The molecule has 0 aliphatic heterocycles. The summed E-state index contributed by atoms with van der Waals surface area (Å²) in [5, 5.41) is 6.22. The number of carbonyl (C=O) groups is 2. The maximum atomic E-state index is 12.4. The smallest absolute Gasteiger partial charge is 0.255 e. The molecule has 2 aromatic carbocycles. The first kappa shape index (κ1) is 20.6. The molecule has 0 aliphatic rings. The van der Waals surface area contributed by atoms with E-state index in [1.807, 2.05) is 6.92 Å². The highest BCUT2D eigenvalue weighted by Gasteiger charge is 2.10. The molecule has 0 unspecified atom stereocenters. The Balaban J connectivity index is 1.64. The highest BCUT2D eigenvalue weighted by molar-refractivity contribution is 6.35. The summed E-state index contributed by atoms with van der Waals surface area (Å²) in [6.45, 7) is 1.74. The van der Waals surface area contributed by atoms with E-state index >= 15 is 0 Å². The Morgan fingerprint density at radius 3 is 2.41 bits per heavy atom. The highest BCUT2D eigenvalue weighted by Crippen LogP contribution is 2.26. The molecule has 0 radical (unpaired) electrons. The molecule has 1 heterocycles. The lowest BCUT2D eigenvalue weighted by Gasteiger charge is -2.10. The number of aryl methyl sites for hydroxylation is 1. The summed E-state index contributed by atoms with van der Waals surface area (Å²) in [7, 11) is 0. The summed E-state index contributed by atoms with van der Waals surface area (Å²) in [6.07, 6.45) is 1.62. The molecule has 2 N–H and O–H groups in total. The molecule has 6 nitrogen and oxygen atoms in total. The van der Waals surface area contributed by atoms with Crippen LogP contribution in [0.5, 0.6) is 0 Å². The number of hydrogen-bond donors (Lipinski definition) is 2. The van der Waals surface area contributed by atoms with Gasteiger partial charge in [-0.25, -0.2) is 0 Å². The van der Waals surface area contributed by atoms with Crippen LogP contribution in [0.25, 0.3) is 0 Å². The minimum absolute atomic E-state index is 0.101. The SMILES string of the molecule is Cc1ccc(=O)n(CC(=O)Nc2ccc(C(=O)Nc3cc(Cl)ccc3Cl)cc2)c1. The Hall–Kier alpha value is -3.09. The van der Waals surface area contributed by atoms with Crippen molar-refractivity contribution in [3.05, 3.63) is 92.3 Å². The van der Waals surface area contributed by atoms with Gasteiger partial charge >= 0.3 is 0 Å². The third-order valence-electron chi connectivity index (χ3n) is 4.05. The first-order chi connectivity index (χ1) is 13.8. The monoisotopic (exact) mass is 429 g/mol. The van der Waals surface area contributed by atoms with Gasteiger partial charge in [-0.15, -0.1) is 0 Å². The van der Waals surface area contributed by atoms with Crippen LogP contribution in [0.1, 0.15) is 15.9 Å². The van der Waals surface area contributed by atoms with Gasteiger partial charge < -0.3 is 15.2 Å². The minimum Gasteiger partial charge on any atom is -0.325 e. The topological polar surface area (TPSA) is 80.2 Å². The van der Waals surface area contributed by atoms with E-state index in [4.69, 9.17) is 23.2 Å². The second-order valence-corrected chi connectivity index (χ2v) is 7.22. The lowest BCUT2D eigenvalue weighted by molar-refractivity contribution is -0.116. The Kier molecular flexibility index (Phi) is 6.36. The Morgan fingerprint density at radius 1 is 0.966 bits per heavy atom. The van der Waals surface area contributed by atoms with Crippen molar-refractivity contribution in [3.8, 4) is 0 Å². The number of amides is 2. The van der Waals surface area contributed by atoms with Crippen LogP contribution >= 0.6 is 23.2 Å². The van der Waals surface area contributed by atoms with Crippen LogP contribution in [-0.2, 0) is 11.3 Å². The van der Waals surface area contributed by atoms with Crippen molar-refractivity contribution in [2.24, 2.45) is 0 Å². The van der Waals surface area contributed by atoms with Crippen molar-refractivity contribution < 1.29 is 9.59 Å². The van der Waals surface area contributed by atoms with E-state index in [2.05, 4.69) is 10.6 Å². The summed E-state index contributed by atoms with van der Waals surface area (Å²) in [4.78, 5) is 36.4. The first-order valence-corrected chi connectivity index (χ1v) is 9.41. The van der Waals surface area contributed by atoms with Gasteiger partial charge in [0.15, 0.2) is 0 Å². The lowest BCUT2D eigenvalue weighted by Crippen LogP contribution is -2.26. The number of pyridine rings is 1. The van der Waals surface area contributed by atoms with Crippen LogP contribution in [0.2, 0.25) is 10.0 Å². The molecular weight excluding hydrogens is 413 g/mol. The van der Waals surface area contributed by atoms with Crippen LogP contribution in [-0.4, -0.2) is 16.4 Å². The van der Waals surface area contributed by atoms with E-state index in [9.17, 15) is 14.4 Å². The van der Waals surface area contributed by atoms with Crippen molar-refractivity contribution in [1.29, 1.82) is 0 Å². The fourth-order valence-corrected chi connectivity index (χ4v) is 2.96. The maximum absolute atomic E-state index is 12.4. The second-order valence-electron chi connectivity index (χ2n) is 6.38. The number of nitrogens with one attached hydrogen (secondary N) is 2.